The molecule has 0 aliphatic carbocycles. The van der Waals surface area contributed by atoms with Crippen molar-refractivity contribution in [3.05, 3.63) is 46.0 Å². The Morgan fingerprint density at radius 2 is 1.89 bits per heavy atom. The summed E-state index contributed by atoms with van der Waals surface area (Å²) >= 11 is 0. The Labute approximate surface area is 155 Å². The number of rotatable bonds is 3. The van der Waals surface area contributed by atoms with Gasteiger partial charge in [0.05, 0.1) is 5.56 Å². The van der Waals surface area contributed by atoms with Crippen molar-refractivity contribution in [3.63, 3.8) is 0 Å². The van der Waals surface area contributed by atoms with E-state index in [4.69, 9.17) is 5.73 Å². The Balaban J connectivity index is 1.67. The van der Waals surface area contributed by atoms with Gasteiger partial charge in [-0.1, -0.05) is 0 Å². The summed E-state index contributed by atoms with van der Waals surface area (Å²) in [6, 6.07) is 3.60. The molecule has 4 heterocycles. The monoisotopic (exact) mass is 368 g/mol. The lowest BCUT2D eigenvalue weighted by atomic mass is 9.87. The molecule has 9 nitrogen and oxygen atoms in total. The van der Waals surface area contributed by atoms with Crippen molar-refractivity contribution in [1.82, 2.24) is 15.0 Å². The number of H-pyrrole nitrogens is 1. The highest BCUT2D eigenvalue weighted by molar-refractivity contribution is 5.94. The van der Waals surface area contributed by atoms with Crippen LogP contribution in [0.2, 0.25) is 0 Å². The third kappa shape index (κ3) is 3.27. The zero-order valence-electron chi connectivity index (χ0n) is 14.6. The molecule has 2 aromatic heterocycles. The number of primary amides is 1. The average Bonchev–Trinajstić information content (AvgIpc) is 2.67. The number of hydrogen-bond acceptors (Lipinski definition) is 6. The zero-order chi connectivity index (χ0) is 19.0. The maximum Gasteiger partial charge on any atom is 0.258 e. The highest BCUT2D eigenvalue weighted by Gasteiger charge is 2.32. The maximum atomic E-state index is 12.8. The van der Waals surface area contributed by atoms with Crippen LogP contribution in [0.15, 0.2) is 29.3 Å². The minimum Gasteiger partial charge on any atom is -0.369 e. The van der Waals surface area contributed by atoms with E-state index in [0.717, 1.165) is 5.56 Å². The smallest absolute Gasteiger partial charge is 0.258 e. The number of nitrogens with two attached hydrogens (primary N) is 1. The summed E-state index contributed by atoms with van der Waals surface area (Å²) < 4.78 is 0. The number of carbonyl (C=O) groups is 2. The van der Waals surface area contributed by atoms with Crippen LogP contribution in [0, 0.1) is 5.92 Å². The number of hydrogen-bond donors (Lipinski definition) is 3. The molecular weight excluding hydrogens is 348 g/mol. The lowest BCUT2D eigenvalue weighted by molar-refractivity contribution is -0.122. The molecule has 1 saturated heterocycles. The SMILES string of the molecule is NC(=O)C1CCN(c2nc3c(c(=O)[nH]2)[C@@H](c2ccncc2)CC(=O)N3)CC1. The second kappa shape index (κ2) is 6.82. The Hall–Kier alpha value is -3.23. The molecule has 0 unspecified atom stereocenters. The van der Waals surface area contributed by atoms with Gasteiger partial charge in [-0.2, -0.15) is 4.98 Å². The van der Waals surface area contributed by atoms with Crippen LogP contribution >= 0.6 is 0 Å². The van der Waals surface area contributed by atoms with Crippen LogP contribution in [0.25, 0.3) is 0 Å². The van der Waals surface area contributed by atoms with Gasteiger partial charge in [0, 0.05) is 43.7 Å². The van der Waals surface area contributed by atoms with Crippen molar-refractivity contribution >= 4 is 23.6 Å². The van der Waals surface area contributed by atoms with E-state index >= 15 is 0 Å². The van der Waals surface area contributed by atoms with Gasteiger partial charge >= 0.3 is 0 Å². The van der Waals surface area contributed by atoms with Crippen LogP contribution in [-0.2, 0) is 9.59 Å². The number of nitrogens with zero attached hydrogens (tertiary/aromatic N) is 3. The number of amides is 2. The average molecular weight is 368 g/mol. The molecule has 0 aromatic carbocycles. The van der Waals surface area contributed by atoms with Gasteiger partial charge in [-0.05, 0) is 30.5 Å². The van der Waals surface area contributed by atoms with Crippen LogP contribution in [-0.4, -0.2) is 39.9 Å². The Morgan fingerprint density at radius 1 is 1.19 bits per heavy atom. The fourth-order valence-electron chi connectivity index (χ4n) is 3.77. The number of anilines is 2. The third-order valence-electron chi connectivity index (χ3n) is 5.24. The molecule has 1 fully saturated rings. The summed E-state index contributed by atoms with van der Waals surface area (Å²) in [5, 5.41) is 2.72. The van der Waals surface area contributed by atoms with Gasteiger partial charge in [-0.15, -0.1) is 0 Å². The van der Waals surface area contributed by atoms with E-state index in [1.807, 2.05) is 4.90 Å². The molecule has 0 spiro atoms. The predicted molar refractivity (Wildman–Crippen MR) is 98.3 cm³/mol. The molecule has 2 aliphatic heterocycles. The summed E-state index contributed by atoms with van der Waals surface area (Å²) in [6.07, 6.45) is 4.69. The van der Waals surface area contributed by atoms with Crippen LogP contribution in [0.5, 0.6) is 0 Å². The minimum atomic E-state index is -0.359. The lowest BCUT2D eigenvalue weighted by Gasteiger charge is -2.32. The highest BCUT2D eigenvalue weighted by atomic mass is 16.2. The molecular formula is C18H20N6O3. The fourth-order valence-corrected chi connectivity index (χ4v) is 3.77. The number of fused-ring (bicyclic) bond motifs is 1. The first-order chi connectivity index (χ1) is 13.0. The van der Waals surface area contributed by atoms with E-state index in [9.17, 15) is 14.4 Å². The Morgan fingerprint density at radius 3 is 2.56 bits per heavy atom. The van der Waals surface area contributed by atoms with Crippen molar-refractivity contribution in [3.8, 4) is 0 Å². The second-order valence-corrected chi connectivity index (χ2v) is 6.90. The van der Waals surface area contributed by atoms with Gasteiger partial charge in [0.2, 0.25) is 17.8 Å². The van der Waals surface area contributed by atoms with E-state index in [0.29, 0.717) is 43.3 Å². The second-order valence-electron chi connectivity index (χ2n) is 6.90. The van der Waals surface area contributed by atoms with Crippen LogP contribution in [0.1, 0.15) is 36.3 Å². The molecule has 2 aliphatic rings. The van der Waals surface area contributed by atoms with Gasteiger partial charge < -0.3 is 16.0 Å². The largest absolute Gasteiger partial charge is 0.369 e. The first-order valence-electron chi connectivity index (χ1n) is 8.91. The fraction of sp³-hybridized carbons (Fsp3) is 0.389. The predicted octanol–water partition coefficient (Wildman–Crippen LogP) is 0.341. The molecule has 4 N–H and O–H groups in total. The van der Waals surface area contributed by atoms with E-state index < -0.39 is 0 Å². The number of pyridine rings is 1. The molecule has 1 atom stereocenters. The van der Waals surface area contributed by atoms with Crippen LogP contribution in [0.4, 0.5) is 11.8 Å². The number of piperidine rings is 1. The number of carbonyl (C=O) groups excluding carboxylic acids is 2. The van der Waals surface area contributed by atoms with E-state index in [1.54, 1.807) is 24.5 Å². The minimum absolute atomic E-state index is 0.152. The Kier molecular flexibility index (Phi) is 4.35. The van der Waals surface area contributed by atoms with Crippen LogP contribution in [0.3, 0.4) is 0 Å². The summed E-state index contributed by atoms with van der Waals surface area (Å²) in [4.78, 5) is 49.6. The zero-order valence-corrected chi connectivity index (χ0v) is 14.6. The first-order valence-corrected chi connectivity index (χ1v) is 8.91. The van der Waals surface area contributed by atoms with Gasteiger partial charge in [0.15, 0.2) is 0 Å². The third-order valence-corrected chi connectivity index (χ3v) is 5.24. The number of aromatic nitrogens is 3. The van der Waals surface area contributed by atoms with Gasteiger partial charge in [-0.3, -0.25) is 24.4 Å². The van der Waals surface area contributed by atoms with Crippen molar-refractivity contribution in [2.45, 2.75) is 25.2 Å². The van der Waals surface area contributed by atoms with E-state index in [1.165, 1.54) is 0 Å². The normalized spacial score (nSPS) is 20.1. The lowest BCUT2D eigenvalue weighted by Crippen LogP contribution is -2.41. The van der Waals surface area contributed by atoms with E-state index in [-0.39, 0.29) is 35.6 Å². The first kappa shape index (κ1) is 17.2. The van der Waals surface area contributed by atoms with Crippen molar-refractivity contribution in [1.29, 1.82) is 0 Å². The summed E-state index contributed by atoms with van der Waals surface area (Å²) in [5.74, 6) is -0.292. The van der Waals surface area contributed by atoms with Crippen molar-refractivity contribution in [2.24, 2.45) is 11.7 Å². The molecule has 0 bridgehead atoms. The van der Waals surface area contributed by atoms with Gasteiger partial charge in [-0.25, -0.2) is 0 Å². The maximum absolute atomic E-state index is 12.8. The summed E-state index contributed by atoms with van der Waals surface area (Å²) in [7, 11) is 0. The standard InChI is InChI=1S/C18H20N6O3/c19-15(26)11-3-7-24(8-4-11)18-22-16-14(17(27)23-18)12(9-13(25)21-16)10-1-5-20-6-2-10/h1-2,5-6,11-12H,3-4,7-9H2,(H2,19,26)(H2,21,22,23,25,27)/t12-/m1/s1. The molecule has 0 saturated carbocycles. The quantitative estimate of drug-likeness (QED) is 0.715. The molecule has 140 valence electrons. The topological polar surface area (TPSA) is 134 Å². The van der Waals surface area contributed by atoms with Crippen molar-refractivity contribution < 1.29 is 9.59 Å². The van der Waals surface area contributed by atoms with Crippen molar-refractivity contribution in [2.75, 3.05) is 23.3 Å². The Bertz CT molecular complexity index is 934. The number of nitrogens with one attached hydrogen (secondary N) is 2. The molecule has 4 rings (SSSR count). The molecule has 2 aromatic rings. The molecule has 0 radical (unpaired) electrons. The summed E-state index contributed by atoms with van der Waals surface area (Å²) in [6.45, 7) is 1.13. The van der Waals surface area contributed by atoms with Gasteiger partial charge in [0.25, 0.3) is 5.56 Å². The van der Waals surface area contributed by atoms with Gasteiger partial charge in [0.1, 0.15) is 5.82 Å². The van der Waals surface area contributed by atoms with E-state index in [2.05, 4.69) is 20.3 Å². The molecule has 27 heavy (non-hydrogen) atoms. The highest BCUT2D eigenvalue weighted by Crippen LogP contribution is 2.34. The molecule has 9 heteroatoms. The van der Waals surface area contributed by atoms with Crippen LogP contribution < -0.4 is 21.5 Å². The number of aromatic amines is 1. The molecule has 2 amide bonds. The summed E-state index contributed by atoms with van der Waals surface area (Å²) in [5.41, 5.74) is 6.41.